The van der Waals surface area contributed by atoms with Crippen molar-refractivity contribution >= 4 is 33.7 Å². The number of nitrogens with zero attached hydrogens (tertiary/aromatic N) is 2. The topological polar surface area (TPSA) is 63.8 Å². The van der Waals surface area contributed by atoms with Gasteiger partial charge in [-0.25, -0.2) is 4.98 Å². The Morgan fingerprint density at radius 3 is 2.86 bits per heavy atom. The van der Waals surface area contributed by atoms with Crippen molar-refractivity contribution in [2.75, 3.05) is 11.1 Å². The number of nitrogens with one attached hydrogen (secondary N) is 1. The van der Waals surface area contributed by atoms with Gasteiger partial charge in [-0.1, -0.05) is 29.8 Å². The second kappa shape index (κ2) is 5.83. The predicted octanol–water partition coefficient (Wildman–Crippen LogP) is 4.08. The first-order valence-corrected chi connectivity index (χ1v) is 8.26. The monoisotopic (exact) mass is 316 g/mol. The molecule has 0 fully saturated rings. The molecule has 21 heavy (non-hydrogen) atoms. The maximum atomic E-state index is 6.00. The number of hydrogen-bond donors (Lipinski definition) is 2. The van der Waals surface area contributed by atoms with Crippen molar-refractivity contribution in [3.63, 3.8) is 0 Å². The van der Waals surface area contributed by atoms with Crippen LogP contribution in [0.15, 0.2) is 29.6 Å². The van der Waals surface area contributed by atoms with E-state index in [0.717, 1.165) is 27.8 Å². The van der Waals surface area contributed by atoms with Crippen LogP contribution in [0.3, 0.4) is 0 Å². The fourth-order valence-corrected chi connectivity index (χ4v) is 3.48. The third kappa shape index (κ3) is 3.06. The highest BCUT2D eigenvalue weighted by molar-refractivity contribution is 7.11. The molecule has 2 heterocycles. The highest BCUT2D eigenvalue weighted by Gasteiger charge is 2.15. The number of aryl methyl sites for hydroxylation is 2. The summed E-state index contributed by atoms with van der Waals surface area (Å²) < 4.78 is 4.25. The molecule has 0 radical (unpaired) electrons. The van der Waals surface area contributed by atoms with Crippen LogP contribution < -0.4 is 11.1 Å². The van der Waals surface area contributed by atoms with E-state index in [9.17, 15) is 0 Å². The van der Waals surface area contributed by atoms with E-state index in [1.165, 1.54) is 22.7 Å². The summed E-state index contributed by atoms with van der Waals surface area (Å²) in [6.45, 7) is 4.83. The zero-order valence-corrected chi connectivity index (χ0v) is 13.5. The number of anilines is 2. The Hall–Kier alpha value is -1.92. The molecule has 0 atom stereocenters. The summed E-state index contributed by atoms with van der Waals surface area (Å²) >= 11 is 3.00. The van der Waals surface area contributed by atoms with Crippen LogP contribution in [0.5, 0.6) is 0 Å². The summed E-state index contributed by atoms with van der Waals surface area (Å²) in [6.07, 6.45) is 0. The van der Waals surface area contributed by atoms with E-state index in [1.54, 1.807) is 11.3 Å². The van der Waals surface area contributed by atoms with Crippen LogP contribution in [0.4, 0.5) is 10.8 Å². The summed E-state index contributed by atoms with van der Waals surface area (Å²) in [6, 6.07) is 8.44. The van der Waals surface area contributed by atoms with Gasteiger partial charge in [-0.05, 0) is 30.9 Å². The molecule has 1 aromatic carbocycles. The number of benzene rings is 1. The van der Waals surface area contributed by atoms with Crippen LogP contribution >= 0.6 is 22.9 Å². The van der Waals surface area contributed by atoms with Gasteiger partial charge in [-0.2, -0.15) is 4.37 Å². The van der Waals surface area contributed by atoms with Gasteiger partial charge in [-0.15, -0.1) is 11.3 Å². The van der Waals surface area contributed by atoms with Crippen LogP contribution in [0.25, 0.3) is 11.3 Å². The minimum Gasteiger partial charge on any atom is -0.382 e. The SMILES string of the molecule is Cc1cccc(CNc2snc(N)c2-c2csc(C)n2)c1. The first-order chi connectivity index (χ1) is 10.1. The quantitative estimate of drug-likeness (QED) is 0.761. The number of nitrogen functional groups attached to an aromatic ring is 1. The molecule has 0 bridgehead atoms. The summed E-state index contributed by atoms with van der Waals surface area (Å²) in [4.78, 5) is 4.51. The third-order valence-electron chi connectivity index (χ3n) is 3.13. The molecule has 0 amide bonds. The molecule has 108 valence electrons. The fraction of sp³-hybridized carbons (Fsp3) is 0.200. The maximum Gasteiger partial charge on any atom is 0.148 e. The Morgan fingerprint density at radius 1 is 1.29 bits per heavy atom. The molecule has 0 aliphatic carbocycles. The van der Waals surface area contributed by atoms with Crippen LogP contribution in [0, 0.1) is 13.8 Å². The largest absolute Gasteiger partial charge is 0.382 e. The van der Waals surface area contributed by atoms with Crippen molar-refractivity contribution in [2.45, 2.75) is 20.4 Å². The van der Waals surface area contributed by atoms with Crippen molar-refractivity contribution in [1.82, 2.24) is 9.36 Å². The van der Waals surface area contributed by atoms with Crippen LogP contribution in [-0.4, -0.2) is 9.36 Å². The first-order valence-electron chi connectivity index (χ1n) is 6.60. The average Bonchev–Trinajstić information content (AvgIpc) is 3.02. The molecule has 3 N–H and O–H groups in total. The van der Waals surface area contributed by atoms with Gasteiger partial charge < -0.3 is 11.1 Å². The summed E-state index contributed by atoms with van der Waals surface area (Å²) in [5, 5.41) is 7.45. The Bertz CT molecular complexity index is 761. The van der Waals surface area contributed by atoms with E-state index in [1.807, 2.05) is 12.3 Å². The van der Waals surface area contributed by atoms with E-state index < -0.39 is 0 Å². The Morgan fingerprint density at radius 2 is 2.14 bits per heavy atom. The third-order valence-corrected chi connectivity index (χ3v) is 4.72. The van der Waals surface area contributed by atoms with Gasteiger partial charge >= 0.3 is 0 Å². The zero-order valence-electron chi connectivity index (χ0n) is 11.9. The fourth-order valence-electron chi connectivity index (χ4n) is 2.15. The molecule has 6 heteroatoms. The van der Waals surface area contributed by atoms with E-state index >= 15 is 0 Å². The van der Waals surface area contributed by atoms with Crippen molar-refractivity contribution < 1.29 is 0 Å². The Labute approximate surface area is 131 Å². The van der Waals surface area contributed by atoms with E-state index in [0.29, 0.717) is 5.82 Å². The second-order valence-electron chi connectivity index (χ2n) is 4.87. The minimum absolute atomic E-state index is 0.539. The highest BCUT2D eigenvalue weighted by Crippen LogP contribution is 2.37. The van der Waals surface area contributed by atoms with Crippen molar-refractivity contribution in [3.05, 3.63) is 45.8 Å². The first kappa shape index (κ1) is 14.0. The normalized spacial score (nSPS) is 10.8. The molecule has 4 nitrogen and oxygen atoms in total. The van der Waals surface area contributed by atoms with Gasteiger partial charge in [0.25, 0.3) is 0 Å². The smallest absolute Gasteiger partial charge is 0.148 e. The van der Waals surface area contributed by atoms with E-state index in [4.69, 9.17) is 5.73 Å². The molecule has 0 spiro atoms. The molecule has 3 aromatic rings. The molecule has 0 aliphatic heterocycles. The number of rotatable bonds is 4. The summed E-state index contributed by atoms with van der Waals surface area (Å²) in [7, 11) is 0. The number of nitrogens with two attached hydrogens (primary N) is 1. The van der Waals surface area contributed by atoms with Crippen molar-refractivity contribution in [1.29, 1.82) is 0 Å². The van der Waals surface area contributed by atoms with Crippen molar-refractivity contribution in [3.8, 4) is 11.3 Å². The number of aromatic nitrogens is 2. The van der Waals surface area contributed by atoms with Gasteiger partial charge in [0.2, 0.25) is 0 Å². The minimum atomic E-state index is 0.539. The van der Waals surface area contributed by atoms with Crippen LogP contribution in [0.1, 0.15) is 16.1 Å². The van der Waals surface area contributed by atoms with Gasteiger partial charge in [0, 0.05) is 11.9 Å². The van der Waals surface area contributed by atoms with Gasteiger partial charge in [0.05, 0.1) is 16.3 Å². The lowest BCUT2D eigenvalue weighted by Gasteiger charge is -2.06. The summed E-state index contributed by atoms with van der Waals surface area (Å²) in [5.74, 6) is 0.539. The van der Waals surface area contributed by atoms with Gasteiger partial charge in [0.15, 0.2) is 0 Å². The zero-order chi connectivity index (χ0) is 14.8. The average molecular weight is 316 g/mol. The molecular weight excluding hydrogens is 300 g/mol. The summed E-state index contributed by atoms with van der Waals surface area (Å²) in [5.41, 5.74) is 10.3. The lowest BCUT2D eigenvalue weighted by Crippen LogP contribution is -2.00. The molecule has 0 saturated carbocycles. The molecule has 2 aromatic heterocycles. The van der Waals surface area contributed by atoms with Gasteiger partial charge in [-0.3, -0.25) is 0 Å². The lowest BCUT2D eigenvalue weighted by atomic mass is 10.1. The van der Waals surface area contributed by atoms with Crippen LogP contribution in [-0.2, 0) is 6.54 Å². The van der Waals surface area contributed by atoms with E-state index in [2.05, 4.69) is 45.9 Å². The standard InChI is InChI=1S/C15H16N4S2/c1-9-4-3-5-11(6-9)7-17-15-13(14(16)19-21-15)12-8-20-10(2)18-12/h3-6,8,17H,7H2,1-2H3,(H2,16,19). The second-order valence-corrected chi connectivity index (χ2v) is 6.70. The van der Waals surface area contributed by atoms with E-state index in [-0.39, 0.29) is 0 Å². The molecule has 0 aliphatic rings. The number of hydrogen-bond acceptors (Lipinski definition) is 6. The maximum absolute atomic E-state index is 6.00. The molecule has 0 saturated heterocycles. The van der Waals surface area contributed by atoms with Crippen LogP contribution in [0.2, 0.25) is 0 Å². The lowest BCUT2D eigenvalue weighted by molar-refractivity contribution is 1.15. The Kier molecular flexibility index (Phi) is 3.90. The molecule has 0 unspecified atom stereocenters. The van der Waals surface area contributed by atoms with Gasteiger partial charge in [0.1, 0.15) is 10.8 Å². The highest BCUT2D eigenvalue weighted by atomic mass is 32.1. The van der Waals surface area contributed by atoms with Crippen molar-refractivity contribution in [2.24, 2.45) is 0 Å². The predicted molar refractivity (Wildman–Crippen MR) is 90.9 cm³/mol. The molecule has 3 rings (SSSR count). The number of thiazole rings is 1. The Balaban J connectivity index is 1.83. The molecular formula is C15H16N4S2.